The monoisotopic (exact) mass is 512 g/mol. The van der Waals surface area contributed by atoms with E-state index in [2.05, 4.69) is 42.3 Å². The topological polar surface area (TPSA) is 137 Å². The number of anilines is 3. The van der Waals surface area contributed by atoms with Crippen LogP contribution in [-0.4, -0.2) is 55.4 Å². The Bertz CT molecular complexity index is 1350. The fourth-order valence-corrected chi connectivity index (χ4v) is 5.69. The number of nitrogen functional groups attached to an aromatic ring is 1. The highest BCUT2D eigenvalue weighted by molar-refractivity contribution is 7.15. The fourth-order valence-electron chi connectivity index (χ4n) is 4.76. The highest BCUT2D eigenvalue weighted by Gasteiger charge is 2.35. The smallest absolute Gasteiger partial charge is 0.205 e. The molecule has 1 atom stereocenters. The molecule has 3 aromatic heterocycles. The van der Waals surface area contributed by atoms with E-state index in [1.54, 1.807) is 17.7 Å². The maximum absolute atomic E-state index is 6.88. The Morgan fingerprint density at radius 3 is 2.86 bits per heavy atom. The summed E-state index contributed by atoms with van der Waals surface area (Å²) in [5.41, 5.74) is 17.4. The minimum absolute atomic E-state index is 0.305. The number of benzene rings is 1. The van der Waals surface area contributed by atoms with Crippen molar-refractivity contribution in [3.63, 3.8) is 0 Å². The first-order valence-corrected chi connectivity index (χ1v) is 12.8. The number of hydrogen-bond donors (Lipinski definition) is 3. The first-order valence-electron chi connectivity index (χ1n) is 11.7. The number of imidazole rings is 1. The van der Waals surface area contributed by atoms with Crippen LogP contribution in [0.2, 0.25) is 5.02 Å². The normalized spacial score (nSPS) is 18.0. The second kappa shape index (κ2) is 9.56. The molecule has 0 aliphatic carbocycles. The lowest BCUT2D eigenvalue weighted by Crippen LogP contribution is -2.43. The Morgan fingerprint density at radius 1 is 1.23 bits per heavy atom. The van der Waals surface area contributed by atoms with E-state index >= 15 is 0 Å². The molecule has 1 aromatic carbocycles. The van der Waals surface area contributed by atoms with Crippen molar-refractivity contribution >= 4 is 50.7 Å². The van der Waals surface area contributed by atoms with E-state index in [1.807, 2.05) is 23.7 Å². The van der Waals surface area contributed by atoms with Crippen LogP contribution >= 0.6 is 22.9 Å². The average molecular weight is 513 g/mol. The molecular formula is C23H29ClN10S. The summed E-state index contributed by atoms with van der Waals surface area (Å²) in [5, 5.41) is 14.0. The van der Waals surface area contributed by atoms with Gasteiger partial charge in [0.05, 0.1) is 12.9 Å². The Morgan fingerprint density at radius 2 is 2.09 bits per heavy atom. The highest BCUT2D eigenvalue weighted by atomic mass is 35.5. The van der Waals surface area contributed by atoms with Gasteiger partial charge in [-0.25, -0.2) is 15.0 Å². The quantitative estimate of drug-likeness (QED) is 0.325. The van der Waals surface area contributed by atoms with Crippen molar-refractivity contribution in [1.29, 1.82) is 0 Å². The second-order valence-corrected chi connectivity index (χ2v) is 10.5. The van der Waals surface area contributed by atoms with E-state index in [4.69, 9.17) is 23.1 Å². The summed E-state index contributed by atoms with van der Waals surface area (Å²) in [5.74, 6) is 0.380. The molecule has 35 heavy (non-hydrogen) atoms. The Hall–Kier alpha value is -3.02. The molecule has 0 saturated carbocycles. The third-order valence-electron chi connectivity index (χ3n) is 6.67. The molecule has 1 aliphatic rings. The van der Waals surface area contributed by atoms with Gasteiger partial charge in [-0.2, -0.15) is 0 Å². The fraction of sp³-hybridized carbons (Fsp3) is 0.435. The number of nitrogens with two attached hydrogens (primary N) is 2. The molecule has 0 radical (unpaired) electrons. The van der Waals surface area contributed by atoms with Gasteiger partial charge in [0.1, 0.15) is 16.9 Å². The zero-order chi connectivity index (χ0) is 24.6. The molecule has 0 amide bonds. The highest BCUT2D eigenvalue weighted by Crippen LogP contribution is 2.36. The summed E-state index contributed by atoms with van der Waals surface area (Å²) >= 11 is 8.15. The summed E-state index contributed by atoms with van der Waals surface area (Å²) in [4.78, 5) is 15.3. The van der Waals surface area contributed by atoms with Crippen LogP contribution in [0.4, 0.5) is 16.6 Å². The van der Waals surface area contributed by atoms with Crippen molar-refractivity contribution in [2.24, 2.45) is 5.73 Å². The van der Waals surface area contributed by atoms with Crippen molar-refractivity contribution in [3.05, 3.63) is 45.9 Å². The van der Waals surface area contributed by atoms with Gasteiger partial charge in [-0.3, -0.25) is 0 Å². The van der Waals surface area contributed by atoms with Gasteiger partial charge in [-0.1, -0.05) is 29.9 Å². The van der Waals surface area contributed by atoms with Crippen LogP contribution < -0.4 is 21.7 Å². The minimum atomic E-state index is -0.305. The Kier molecular flexibility index (Phi) is 6.47. The molecule has 1 aliphatic heterocycles. The second-order valence-electron chi connectivity index (χ2n) is 9.00. The standard InChI is InChI=1S/C23H29ClN10S/c1-3-14-8-15(24)9-17(16(14)10-34-13-30-19-20(25)28-12-29-21(19)34)33-7-6-23(26,11-33)5-4-18-31-32-22(27-2)35-18/h8-9,12-13H,3-7,10-11,26H2,1-2H3,(H,27,32)(H2,25,28,29)/t23-/m1/s1. The number of halogens is 1. The number of nitrogens with zero attached hydrogens (tertiary/aromatic N) is 7. The van der Waals surface area contributed by atoms with E-state index < -0.39 is 0 Å². The van der Waals surface area contributed by atoms with E-state index in [1.165, 1.54) is 17.5 Å². The minimum Gasteiger partial charge on any atom is -0.382 e. The van der Waals surface area contributed by atoms with Gasteiger partial charge in [-0.15, -0.1) is 10.2 Å². The van der Waals surface area contributed by atoms with Crippen LogP contribution in [0, 0.1) is 0 Å². The van der Waals surface area contributed by atoms with Crippen LogP contribution in [0.5, 0.6) is 0 Å². The number of nitrogens with one attached hydrogen (secondary N) is 1. The molecule has 0 spiro atoms. The SMILES string of the molecule is CCc1cc(Cl)cc(N2CC[C@](N)(CCc3nnc(NC)s3)C2)c1Cn1cnc2c(N)ncnc21. The third kappa shape index (κ3) is 4.75. The molecule has 1 saturated heterocycles. The molecular weight excluding hydrogens is 484 g/mol. The molecule has 0 bridgehead atoms. The summed E-state index contributed by atoms with van der Waals surface area (Å²) < 4.78 is 2.01. The number of fused-ring (bicyclic) bond motifs is 1. The lowest BCUT2D eigenvalue weighted by Gasteiger charge is -2.28. The zero-order valence-electron chi connectivity index (χ0n) is 19.8. The molecule has 5 rings (SSSR count). The van der Waals surface area contributed by atoms with Crippen LogP contribution in [0.1, 0.15) is 35.9 Å². The Labute approximate surface area is 212 Å². The van der Waals surface area contributed by atoms with Gasteiger partial charge < -0.3 is 26.3 Å². The van der Waals surface area contributed by atoms with E-state index in [9.17, 15) is 0 Å². The van der Waals surface area contributed by atoms with Crippen molar-refractivity contribution < 1.29 is 0 Å². The van der Waals surface area contributed by atoms with Gasteiger partial charge >= 0.3 is 0 Å². The summed E-state index contributed by atoms with van der Waals surface area (Å²) in [6.07, 6.45) is 6.66. The van der Waals surface area contributed by atoms with Gasteiger partial charge in [-0.05, 0) is 42.5 Å². The lowest BCUT2D eigenvalue weighted by molar-refractivity contribution is 0.435. The number of aryl methyl sites for hydroxylation is 2. The summed E-state index contributed by atoms with van der Waals surface area (Å²) in [7, 11) is 1.85. The van der Waals surface area contributed by atoms with Gasteiger partial charge in [0.15, 0.2) is 11.5 Å². The first-order chi connectivity index (χ1) is 16.9. The predicted octanol–water partition coefficient (Wildman–Crippen LogP) is 3.11. The van der Waals surface area contributed by atoms with Gasteiger partial charge in [0.2, 0.25) is 5.13 Å². The zero-order valence-corrected chi connectivity index (χ0v) is 21.4. The van der Waals surface area contributed by atoms with Crippen LogP contribution in [0.15, 0.2) is 24.8 Å². The first kappa shape index (κ1) is 23.7. The number of rotatable bonds is 8. The maximum atomic E-state index is 6.88. The molecule has 12 heteroatoms. The maximum Gasteiger partial charge on any atom is 0.205 e. The largest absolute Gasteiger partial charge is 0.382 e. The number of hydrogen-bond acceptors (Lipinski definition) is 10. The van der Waals surface area contributed by atoms with Crippen molar-refractivity contribution in [1.82, 2.24) is 29.7 Å². The third-order valence-corrected chi connectivity index (χ3v) is 7.88. The predicted molar refractivity (Wildman–Crippen MR) is 141 cm³/mol. The lowest BCUT2D eigenvalue weighted by atomic mass is 9.94. The van der Waals surface area contributed by atoms with Crippen molar-refractivity contribution in [3.8, 4) is 0 Å². The van der Waals surface area contributed by atoms with Crippen LogP contribution in [0.3, 0.4) is 0 Å². The average Bonchev–Trinajstić information content (AvgIpc) is 3.58. The Balaban J connectivity index is 1.41. The summed E-state index contributed by atoms with van der Waals surface area (Å²) in [6.45, 7) is 4.36. The molecule has 4 aromatic rings. The molecule has 10 nitrogen and oxygen atoms in total. The molecule has 4 heterocycles. The van der Waals surface area contributed by atoms with E-state index in [0.717, 1.165) is 59.6 Å². The summed E-state index contributed by atoms with van der Waals surface area (Å²) in [6, 6.07) is 4.09. The van der Waals surface area contributed by atoms with Gasteiger partial charge in [0.25, 0.3) is 0 Å². The molecule has 1 fully saturated rings. The van der Waals surface area contributed by atoms with E-state index in [0.29, 0.717) is 23.5 Å². The van der Waals surface area contributed by atoms with Crippen molar-refractivity contribution in [2.45, 2.75) is 44.7 Å². The van der Waals surface area contributed by atoms with Gasteiger partial charge in [0, 0.05) is 42.8 Å². The van der Waals surface area contributed by atoms with E-state index in [-0.39, 0.29) is 5.54 Å². The van der Waals surface area contributed by atoms with Crippen LogP contribution in [0.25, 0.3) is 11.2 Å². The molecule has 5 N–H and O–H groups in total. The van der Waals surface area contributed by atoms with Crippen molar-refractivity contribution in [2.75, 3.05) is 36.1 Å². The number of aromatic nitrogens is 6. The molecule has 184 valence electrons. The molecule has 0 unspecified atom stereocenters. The van der Waals surface area contributed by atoms with Crippen LogP contribution in [-0.2, 0) is 19.4 Å².